The standard InChI is InChI=1S/C46H29NO2/c1-2-9-30(10-3-1)31-17-23-35(24-18-31)47(42-15-8-14-40-38-13-6-7-16-43(38)48-46(40)42)36-25-19-32(20-26-36)34-22-27-39-41-28-21-33-11-4-5-12-37(33)45(41)49-44(39)29-34/h1-29H. The van der Waals surface area contributed by atoms with Gasteiger partial charge in [0.05, 0.1) is 5.69 Å². The highest BCUT2D eigenvalue weighted by atomic mass is 16.3. The molecule has 0 saturated carbocycles. The lowest BCUT2D eigenvalue weighted by molar-refractivity contribution is 0.669. The number of benzene rings is 8. The van der Waals surface area contributed by atoms with Crippen molar-refractivity contribution in [3.63, 3.8) is 0 Å². The Labute approximate surface area is 282 Å². The summed E-state index contributed by atoms with van der Waals surface area (Å²) in [4.78, 5) is 2.29. The van der Waals surface area contributed by atoms with Crippen molar-refractivity contribution in [3.8, 4) is 22.3 Å². The van der Waals surface area contributed by atoms with Crippen molar-refractivity contribution in [1.29, 1.82) is 0 Å². The van der Waals surface area contributed by atoms with E-state index < -0.39 is 0 Å². The van der Waals surface area contributed by atoms with E-state index in [0.717, 1.165) is 77.5 Å². The summed E-state index contributed by atoms with van der Waals surface area (Å²) in [5.74, 6) is 0. The number of anilines is 3. The van der Waals surface area contributed by atoms with Gasteiger partial charge in [-0.05, 0) is 82.2 Å². The molecule has 0 spiro atoms. The van der Waals surface area contributed by atoms with E-state index in [4.69, 9.17) is 8.83 Å². The molecule has 0 aliphatic carbocycles. The Morgan fingerprint density at radius 2 is 0.878 bits per heavy atom. The monoisotopic (exact) mass is 627 g/mol. The quantitative estimate of drug-likeness (QED) is 0.190. The molecule has 0 unspecified atom stereocenters. The van der Waals surface area contributed by atoms with Gasteiger partial charge in [0.1, 0.15) is 16.7 Å². The number of furan rings is 2. The molecule has 3 nitrogen and oxygen atoms in total. The van der Waals surface area contributed by atoms with E-state index in [1.807, 2.05) is 18.2 Å². The fraction of sp³-hybridized carbons (Fsp3) is 0. The molecule has 0 aliphatic rings. The van der Waals surface area contributed by atoms with E-state index in [9.17, 15) is 0 Å². The van der Waals surface area contributed by atoms with Crippen molar-refractivity contribution in [2.45, 2.75) is 0 Å². The summed E-state index contributed by atoms with van der Waals surface area (Å²) in [6.45, 7) is 0. The Hall–Kier alpha value is -6.58. The van der Waals surface area contributed by atoms with Crippen molar-refractivity contribution in [2.24, 2.45) is 0 Å². The average Bonchev–Trinajstić information content (AvgIpc) is 3.75. The first-order valence-corrected chi connectivity index (χ1v) is 16.6. The second kappa shape index (κ2) is 11.0. The van der Waals surface area contributed by atoms with E-state index in [2.05, 4.69) is 163 Å². The van der Waals surface area contributed by atoms with Crippen LogP contribution in [0.1, 0.15) is 0 Å². The smallest absolute Gasteiger partial charge is 0.159 e. The van der Waals surface area contributed by atoms with Gasteiger partial charge < -0.3 is 13.7 Å². The van der Waals surface area contributed by atoms with Gasteiger partial charge in [0, 0.05) is 38.3 Å². The Morgan fingerprint density at radius 3 is 1.67 bits per heavy atom. The van der Waals surface area contributed by atoms with Gasteiger partial charge in [-0.1, -0.05) is 121 Å². The molecule has 49 heavy (non-hydrogen) atoms. The maximum atomic E-state index is 6.53. The zero-order chi connectivity index (χ0) is 32.3. The number of hydrogen-bond donors (Lipinski definition) is 0. The number of hydrogen-bond acceptors (Lipinski definition) is 3. The third-order valence-corrected chi connectivity index (χ3v) is 9.68. The molecule has 0 atom stereocenters. The molecular formula is C46H29NO2. The SMILES string of the molecule is c1ccc(-c2ccc(N(c3ccc(-c4ccc5c(c4)oc4c6ccccc6ccc54)cc3)c3cccc4c3oc3ccccc34)cc2)cc1. The normalized spacial score (nSPS) is 11.7. The number of rotatable bonds is 5. The summed E-state index contributed by atoms with van der Waals surface area (Å²) in [5, 5.41) is 6.81. The maximum absolute atomic E-state index is 6.53. The Kier molecular flexibility index (Phi) is 6.18. The van der Waals surface area contributed by atoms with Crippen LogP contribution in [0.25, 0.3) is 76.9 Å². The molecule has 0 amide bonds. The van der Waals surface area contributed by atoms with Crippen LogP contribution in [0.2, 0.25) is 0 Å². The van der Waals surface area contributed by atoms with E-state index in [1.165, 1.54) is 16.5 Å². The lowest BCUT2D eigenvalue weighted by atomic mass is 10.0. The molecule has 2 aromatic heterocycles. The Bertz CT molecular complexity index is 2810. The Morgan fingerprint density at radius 1 is 0.327 bits per heavy atom. The van der Waals surface area contributed by atoms with E-state index in [-0.39, 0.29) is 0 Å². The second-order valence-corrected chi connectivity index (χ2v) is 12.5. The third kappa shape index (κ3) is 4.51. The highest BCUT2D eigenvalue weighted by Gasteiger charge is 2.20. The molecule has 10 rings (SSSR count). The van der Waals surface area contributed by atoms with Crippen molar-refractivity contribution >= 4 is 71.7 Å². The van der Waals surface area contributed by atoms with Gasteiger partial charge in [-0.2, -0.15) is 0 Å². The molecule has 0 N–H and O–H groups in total. The molecule has 230 valence electrons. The zero-order valence-corrected chi connectivity index (χ0v) is 26.5. The van der Waals surface area contributed by atoms with Gasteiger partial charge in [-0.3, -0.25) is 0 Å². The first-order valence-electron chi connectivity index (χ1n) is 16.6. The van der Waals surface area contributed by atoms with Crippen LogP contribution in [-0.2, 0) is 0 Å². The highest BCUT2D eigenvalue weighted by Crippen LogP contribution is 2.43. The van der Waals surface area contributed by atoms with Crippen LogP contribution in [0.5, 0.6) is 0 Å². The van der Waals surface area contributed by atoms with Crippen LogP contribution in [-0.4, -0.2) is 0 Å². The summed E-state index contributed by atoms with van der Waals surface area (Å²) in [5.41, 5.74) is 11.3. The Balaban J connectivity index is 1.08. The van der Waals surface area contributed by atoms with E-state index >= 15 is 0 Å². The number of fused-ring (bicyclic) bond motifs is 8. The third-order valence-electron chi connectivity index (χ3n) is 9.68. The summed E-state index contributed by atoms with van der Waals surface area (Å²) >= 11 is 0. The van der Waals surface area contributed by atoms with Crippen LogP contribution >= 0.6 is 0 Å². The maximum Gasteiger partial charge on any atom is 0.159 e. The van der Waals surface area contributed by atoms with Crippen molar-refractivity contribution < 1.29 is 8.83 Å². The minimum absolute atomic E-state index is 0.864. The van der Waals surface area contributed by atoms with Crippen molar-refractivity contribution in [3.05, 3.63) is 176 Å². The van der Waals surface area contributed by atoms with Crippen LogP contribution in [0, 0.1) is 0 Å². The van der Waals surface area contributed by atoms with Crippen LogP contribution in [0.3, 0.4) is 0 Å². The van der Waals surface area contributed by atoms with E-state index in [1.54, 1.807) is 0 Å². The topological polar surface area (TPSA) is 29.5 Å². The molecule has 0 aliphatic heterocycles. The predicted molar refractivity (Wildman–Crippen MR) is 204 cm³/mol. The molecule has 2 heterocycles. The second-order valence-electron chi connectivity index (χ2n) is 12.5. The first kappa shape index (κ1) is 27.5. The fourth-order valence-electron chi connectivity index (χ4n) is 7.26. The summed E-state index contributed by atoms with van der Waals surface area (Å²) in [6, 6.07) is 61.9. The number of nitrogens with zero attached hydrogens (tertiary/aromatic N) is 1. The van der Waals surface area contributed by atoms with Gasteiger partial charge in [0.25, 0.3) is 0 Å². The van der Waals surface area contributed by atoms with Gasteiger partial charge in [0.2, 0.25) is 0 Å². The van der Waals surface area contributed by atoms with Crippen molar-refractivity contribution in [2.75, 3.05) is 4.90 Å². The molecular weight excluding hydrogens is 599 g/mol. The lowest BCUT2D eigenvalue weighted by Gasteiger charge is -2.26. The van der Waals surface area contributed by atoms with Crippen molar-refractivity contribution in [1.82, 2.24) is 0 Å². The minimum atomic E-state index is 0.864. The summed E-state index contributed by atoms with van der Waals surface area (Å²) in [6.07, 6.45) is 0. The molecule has 0 radical (unpaired) electrons. The van der Waals surface area contributed by atoms with Crippen LogP contribution in [0.15, 0.2) is 185 Å². The molecule has 3 heteroatoms. The molecule has 10 aromatic rings. The fourth-order valence-corrected chi connectivity index (χ4v) is 7.26. The van der Waals surface area contributed by atoms with Crippen LogP contribution < -0.4 is 4.90 Å². The predicted octanol–water partition coefficient (Wildman–Crippen LogP) is 13.4. The molecule has 0 fully saturated rings. The van der Waals surface area contributed by atoms with Gasteiger partial charge in [0.15, 0.2) is 5.58 Å². The highest BCUT2D eigenvalue weighted by molar-refractivity contribution is 6.15. The minimum Gasteiger partial charge on any atom is -0.455 e. The lowest BCUT2D eigenvalue weighted by Crippen LogP contribution is -2.10. The largest absolute Gasteiger partial charge is 0.455 e. The summed E-state index contributed by atoms with van der Waals surface area (Å²) < 4.78 is 13.0. The van der Waals surface area contributed by atoms with Gasteiger partial charge >= 0.3 is 0 Å². The van der Waals surface area contributed by atoms with Gasteiger partial charge in [-0.15, -0.1) is 0 Å². The average molecular weight is 628 g/mol. The molecule has 8 aromatic carbocycles. The summed E-state index contributed by atoms with van der Waals surface area (Å²) in [7, 11) is 0. The number of para-hydroxylation sites is 2. The van der Waals surface area contributed by atoms with Gasteiger partial charge in [-0.25, -0.2) is 0 Å². The van der Waals surface area contributed by atoms with Crippen LogP contribution in [0.4, 0.5) is 17.1 Å². The first-order chi connectivity index (χ1) is 24.3. The molecule has 0 bridgehead atoms. The molecule has 0 saturated heterocycles. The zero-order valence-electron chi connectivity index (χ0n) is 26.5. The van der Waals surface area contributed by atoms with E-state index in [0.29, 0.717) is 0 Å².